The van der Waals surface area contributed by atoms with Crippen LogP contribution in [0.15, 0.2) is 17.1 Å². The molecule has 0 spiro atoms. The topological polar surface area (TPSA) is 183 Å². The molecule has 1 aromatic rings. The van der Waals surface area contributed by atoms with Gasteiger partial charge in [-0.2, -0.15) is 0 Å². The van der Waals surface area contributed by atoms with Crippen LogP contribution in [0.25, 0.3) is 0 Å². The Balaban J connectivity index is 2.14. The smallest absolute Gasteiger partial charge is 0.403 e. The van der Waals surface area contributed by atoms with Crippen LogP contribution in [0, 0.1) is 4.77 Å². The van der Waals surface area contributed by atoms with Crippen molar-refractivity contribution in [1.82, 2.24) is 14.6 Å². The third kappa shape index (κ3) is 4.89. The molecule has 0 aromatic carbocycles. The average molecular weight is 425 g/mol. The summed E-state index contributed by atoms with van der Waals surface area (Å²) >= 11 is 5.01. The summed E-state index contributed by atoms with van der Waals surface area (Å²) in [6, 6.07) is -0.213. The summed E-state index contributed by atoms with van der Waals surface area (Å²) in [4.78, 5) is 34.0. The molecule has 12 nitrogen and oxygen atoms in total. The maximum Gasteiger partial charge on any atom is 0.403 e. The van der Waals surface area contributed by atoms with Crippen LogP contribution in [0.5, 0.6) is 0 Å². The molecule has 6 atom stereocenters. The number of carboxylic acid groups (broad SMARTS) is 1. The van der Waals surface area contributed by atoms with Crippen LogP contribution >= 0.6 is 20.0 Å². The summed E-state index contributed by atoms with van der Waals surface area (Å²) in [7, 11) is -4.51. The summed E-state index contributed by atoms with van der Waals surface area (Å²) in [6.45, 7) is 1.78. The van der Waals surface area contributed by atoms with E-state index in [-0.39, 0.29) is 4.77 Å². The summed E-state index contributed by atoms with van der Waals surface area (Å²) in [5, 5.41) is 31.5. The number of carbonyl (C=O) groups is 1. The molecule has 1 aliphatic rings. The quantitative estimate of drug-likeness (QED) is 0.235. The van der Waals surface area contributed by atoms with Crippen LogP contribution < -0.4 is 10.6 Å². The summed E-state index contributed by atoms with van der Waals surface area (Å²) in [5.74, 6) is -1.36. The van der Waals surface area contributed by atoms with Gasteiger partial charge in [0.15, 0.2) is 11.0 Å². The van der Waals surface area contributed by atoms with Crippen molar-refractivity contribution < 1.29 is 38.8 Å². The Hall–Kier alpha value is -1.44. The Bertz CT molecular complexity index is 869. The van der Waals surface area contributed by atoms with Gasteiger partial charge in [-0.15, -0.1) is 0 Å². The van der Waals surface area contributed by atoms with Crippen LogP contribution in [-0.2, 0) is 18.6 Å². The molecule has 1 saturated heterocycles. The lowest BCUT2D eigenvalue weighted by molar-refractivity contribution is -0.138. The van der Waals surface area contributed by atoms with Crippen molar-refractivity contribution in [2.24, 2.45) is 0 Å². The van der Waals surface area contributed by atoms with E-state index < -0.39 is 56.0 Å². The Morgan fingerprint density at radius 1 is 1.63 bits per heavy atom. The van der Waals surface area contributed by atoms with Gasteiger partial charge in [0.2, 0.25) is 0 Å². The molecule has 6 N–H and O–H groups in total. The number of aliphatic carboxylic acids is 1. The van der Waals surface area contributed by atoms with Gasteiger partial charge in [0.05, 0.1) is 6.61 Å². The fourth-order valence-electron chi connectivity index (χ4n) is 2.50. The number of aromatic nitrogens is 2. The predicted octanol–water partition coefficient (Wildman–Crippen LogP) is -0.905. The molecule has 0 radical (unpaired) electrons. The van der Waals surface area contributed by atoms with Crippen LogP contribution in [0.1, 0.15) is 20.1 Å². The van der Waals surface area contributed by atoms with Crippen molar-refractivity contribution in [1.29, 1.82) is 0 Å². The minimum Gasteiger partial charge on any atom is -0.480 e. The minimum absolute atomic E-state index is 0.0636. The maximum absolute atomic E-state index is 11.9. The highest BCUT2D eigenvalue weighted by atomic mass is 32.1. The van der Waals surface area contributed by atoms with Crippen molar-refractivity contribution in [3.05, 3.63) is 27.4 Å². The molecule has 2 rings (SSSR count). The molecule has 27 heavy (non-hydrogen) atoms. The van der Waals surface area contributed by atoms with Gasteiger partial charge in [-0.3, -0.25) is 23.7 Å². The predicted molar refractivity (Wildman–Crippen MR) is 92.4 cm³/mol. The fourth-order valence-corrected chi connectivity index (χ4v) is 3.78. The molecule has 1 aromatic heterocycles. The normalized spacial score (nSPS) is 31.4. The zero-order chi connectivity index (χ0) is 20.6. The van der Waals surface area contributed by atoms with E-state index >= 15 is 0 Å². The number of carboxylic acids is 1. The SMILES string of the molecule is C[C@H](NP(=O)(O)OC[C@H]1O[C@@H](n2ccc(=O)[nH]c2=S)C(C)(O)[C@H]1O)C(=O)O. The van der Waals surface area contributed by atoms with Crippen molar-refractivity contribution in [3.63, 3.8) is 0 Å². The minimum atomic E-state index is -4.51. The lowest BCUT2D eigenvalue weighted by atomic mass is 9.96. The second-order valence-electron chi connectivity index (χ2n) is 6.22. The first kappa shape index (κ1) is 21.9. The first-order valence-corrected chi connectivity index (χ1v) is 9.69. The first-order chi connectivity index (χ1) is 12.3. The molecule has 0 aliphatic carbocycles. The van der Waals surface area contributed by atoms with E-state index in [9.17, 15) is 29.3 Å². The lowest BCUT2D eigenvalue weighted by Gasteiger charge is -2.28. The second kappa shape index (κ2) is 7.89. The van der Waals surface area contributed by atoms with E-state index in [4.69, 9.17) is 26.6 Å². The van der Waals surface area contributed by atoms with Gasteiger partial charge in [-0.25, -0.2) is 9.65 Å². The zero-order valence-corrected chi connectivity index (χ0v) is 16.0. The fraction of sp³-hybridized carbons (Fsp3) is 0.615. The van der Waals surface area contributed by atoms with Gasteiger partial charge in [0.25, 0.3) is 5.56 Å². The van der Waals surface area contributed by atoms with Crippen molar-refractivity contribution in [2.75, 3.05) is 6.61 Å². The molecule has 2 heterocycles. The van der Waals surface area contributed by atoms with Crippen molar-refractivity contribution in [3.8, 4) is 0 Å². The zero-order valence-electron chi connectivity index (χ0n) is 14.3. The third-order valence-corrected chi connectivity index (χ3v) is 5.52. The Kier molecular flexibility index (Phi) is 6.39. The molecule has 1 aliphatic heterocycles. The molecule has 0 saturated carbocycles. The number of rotatable bonds is 7. The Labute approximate surface area is 158 Å². The number of aliphatic hydroxyl groups is 2. The van der Waals surface area contributed by atoms with Gasteiger partial charge in [-0.1, -0.05) is 0 Å². The highest BCUT2D eigenvalue weighted by Crippen LogP contribution is 2.42. The van der Waals surface area contributed by atoms with E-state index in [1.807, 2.05) is 5.09 Å². The van der Waals surface area contributed by atoms with Gasteiger partial charge in [0, 0.05) is 12.3 Å². The number of aromatic amines is 1. The summed E-state index contributed by atoms with van der Waals surface area (Å²) in [6.07, 6.45) is -2.72. The molecule has 2 unspecified atom stereocenters. The standard InChI is InChI=1S/C13H20N3O9PS/c1-6(10(19)20)15-26(22,23)24-5-7-9(18)13(2,21)11(25-7)16-4-3-8(17)14-12(16)27/h3-4,6-7,9,11,18,21H,5H2,1-2H3,(H,19,20)(H,14,17,27)(H2,15,22,23)/t6-,7+,9-,11+,13?/m0/s1. The first-order valence-electron chi connectivity index (χ1n) is 7.70. The molecule has 0 bridgehead atoms. The second-order valence-corrected chi connectivity index (χ2v) is 8.16. The van der Waals surface area contributed by atoms with E-state index in [2.05, 4.69) is 4.98 Å². The Morgan fingerprint density at radius 2 is 2.26 bits per heavy atom. The van der Waals surface area contributed by atoms with Gasteiger partial charge in [-0.05, 0) is 26.1 Å². The summed E-state index contributed by atoms with van der Waals surface area (Å²) < 4.78 is 23.3. The van der Waals surface area contributed by atoms with Crippen LogP contribution in [0.4, 0.5) is 0 Å². The van der Waals surface area contributed by atoms with E-state index in [1.165, 1.54) is 17.7 Å². The van der Waals surface area contributed by atoms with E-state index in [1.54, 1.807) is 0 Å². The number of hydrogen-bond donors (Lipinski definition) is 6. The lowest BCUT2D eigenvalue weighted by Crippen LogP contribution is -2.44. The highest BCUT2D eigenvalue weighted by Gasteiger charge is 2.53. The average Bonchev–Trinajstić information content (AvgIpc) is 2.76. The van der Waals surface area contributed by atoms with E-state index in [0.29, 0.717) is 0 Å². The number of nitrogens with one attached hydrogen (secondary N) is 2. The molecule has 0 amide bonds. The van der Waals surface area contributed by atoms with Gasteiger partial charge in [0.1, 0.15) is 23.9 Å². The Morgan fingerprint density at radius 3 is 2.81 bits per heavy atom. The molecule has 152 valence electrons. The summed E-state index contributed by atoms with van der Waals surface area (Å²) in [5.41, 5.74) is -2.33. The highest BCUT2D eigenvalue weighted by molar-refractivity contribution is 7.71. The monoisotopic (exact) mass is 425 g/mol. The number of nitrogens with zero attached hydrogens (tertiary/aromatic N) is 1. The van der Waals surface area contributed by atoms with Crippen molar-refractivity contribution >= 4 is 25.9 Å². The number of H-pyrrole nitrogens is 1. The molecular weight excluding hydrogens is 405 g/mol. The van der Waals surface area contributed by atoms with Crippen LogP contribution in [-0.4, -0.2) is 66.2 Å². The maximum atomic E-state index is 11.9. The van der Waals surface area contributed by atoms with Crippen molar-refractivity contribution in [2.45, 2.75) is 43.9 Å². The number of aliphatic hydroxyl groups excluding tert-OH is 1. The molecule has 1 fully saturated rings. The third-order valence-electron chi connectivity index (χ3n) is 4.00. The number of hydrogen-bond acceptors (Lipinski definition) is 8. The number of ether oxygens (including phenoxy) is 1. The van der Waals surface area contributed by atoms with Crippen LogP contribution in [0.2, 0.25) is 0 Å². The largest absolute Gasteiger partial charge is 0.480 e. The molecule has 14 heteroatoms. The van der Waals surface area contributed by atoms with Crippen LogP contribution in [0.3, 0.4) is 0 Å². The van der Waals surface area contributed by atoms with Gasteiger partial charge >= 0.3 is 13.7 Å². The van der Waals surface area contributed by atoms with E-state index in [0.717, 1.165) is 13.0 Å². The molecular formula is C13H20N3O9PS. The van der Waals surface area contributed by atoms with Gasteiger partial charge < -0.3 is 24.9 Å².